The zero-order valence-corrected chi connectivity index (χ0v) is 14.4. The zero-order valence-electron chi connectivity index (χ0n) is 14.4. The van der Waals surface area contributed by atoms with Gasteiger partial charge in [-0.2, -0.15) is 0 Å². The van der Waals surface area contributed by atoms with Crippen molar-refractivity contribution in [3.8, 4) is 0 Å². The van der Waals surface area contributed by atoms with Gasteiger partial charge in [0, 0.05) is 6.42 Å². The van der Waals surface area contributed by atoms with Gasteiger partial charge in [-0.3, -0.25) is 4.79 Å². The van der Waals surface area contributed by atoms with Crippen molar-refractivity contribution in [2.45, 2.75) is 95.9 Å². The first kappa shape index (κ1) is 22.1. The first-order chi connectivity index (χ1) is 11.0. The van der Waals surface area contributed by atoms with Gasteiger partial charge in [-0.15, -0.1) is 0 Å². The molecule has 23 heavy (non-hydrogen) atoms. The molecule has 0 rings (SSSR count). The van der Waals surface area contributed by atoms with E-state index >= 15 is 0 Å². The molecule has 0 heterocycles. The smallest absolute Gasteiger partial charge is 0.303 e. The Bertz CT molecular complexity index is 317. The molecule has 5 heteroatoms. The van der Waals surface area contributed by atoms with Crippen LogP contribution in [0.15, 0.2) is 12.2 Å². The largest absolute Gasteiger partial charge is 0.481 e. The first-order valence-corrected chi connectivity index (χ1v) is 8.91. The predicted octanol–water partition coefficient (Wildman–Crippen LogP) is 3.02. The molecule has 3 atom stereocenters. The number of aliphatic hydroxyl groups is 3. The second-order valence-corrected chi connectivity index (χ2v) is 6.21. The van der Waals surface area contributed by atoms with E-state index in [1.54, 1.807) is 6.08 Å². The van der Waals surface area contributed by atoms with Gasteiger partial charge in [0.1, 0.15) is 0 Å². The molecule has 0 bridgehead atoms. The van der Waals surface area contributed by atoms with Gasteiger partial charge in [-0.05, 0) is 19.3 Å². The van der Waals surface area contributed by atoms with Gasteiger partial charge < -0.3 is 20.4 Å². The van der Waals surface area contributed by atoms with Gasteiger partial charge >= 0.3 is 5.97 Å². The van der Waals surface area contributed by atoms with Crippen molar-refractivity contribution >= 4 is 5.97 Å². The van der Waals surface area contributed by atoms with E-state index < -0.39 is 24.3 Å². The highest BCUT2D eigenvalue weighted by Gasteiger charge is 2.12. The normalized spacial score (nSPS) is 15.7. The zero-order chi connectivity index (χ0) is 17.5. The maximum Gasteiger partial charge on any atom is 0.303 e. The van der Waals surface area contributed by atoms with Crippen molar-refractivity contribution in [2.24, 2.45) is 0 Å². The molecule has 0 aliphatic carbocycles. The summed E-state index contributed by atoms with van der Waals surface area (Å²) in [4.78, 5) is 10.3. The van der Waals surface area contributed by atoms with Crippen LogP contribution in [0.3, 0.4) is 0 Å². The molecule has 0 radical (unpaired) electrons. The summed E-state index contributed by atoms with van der Waals surface area (Å²) in [6, 6.07) is 0. The van der Waals surface area contributed by atoms with Crippen molar-refractivity contribution in [2.75, 3.05) is 0 Å². The molecule has 0 aliphatic rings. The summed E-state index contributed by atoms with van der Waals surface area (Å²) in [7, 11) is 0. The predicted molar refractivity (Wildman–Crippen MR) is 91.3 cm³/mol. The SMILES string of the molecule is CCCCC(O)C(O)/C=C\C(O)CCCCCCCCC(=O)O. The van der Waals surface area contributed by atoms with Crippen molar-refractivity contribution in [1.29, 1.82) is 0 Å². The van der Waals surface area contributed by atoms with Crippen LogP contribution in [0.5, 0.6) is 0 Å². The third kappa shape index (κ3) is 14.4. The summed E-state index contributed by atoms with van der Waals surface area (Å²) >= 11 is 0. The molecule has 0 aromatic heterocycles. The summed E-state index contributed by atoms with van der Waals surface area (Å²) in [5.74, 6) is -0.734. The molecule has 0 amide bonds. The van der Waals surface area contributed by atoms with Crippen molar-refractivity contribution in [3.05, 3.63) is 12.2 Å². The Morgan fingerprint density at radius 2 is 1.48 bits per heavy atom. The van der Waals surface area contributed by atoms with Crippen LogP contribution in [0.4, 0.5) is 0 Å². The molecule has 0 aliphatic heterocycles. The van der Waals surface area contributed by atoms with E-state index in [2.05, 4.69) is 0 Å². The van der Waals surface area contributed by atoms with E-state index in [0.29, 0.717) is 12.8 Å². The molecule has 0 fully saturated rings. The minimum Gasteiger partial charge on any atom is -0.481 e. The highest BCUT2D eigenvalue weighted by molar-refractivity contribution is 5.66. The maximum atomic E-state index is 10.3. The quantitative estimate of drug-likeness (QED) is 0.273. The summed E-state index contributed by atoms with van der Waals surface area (Å²) in [6.45, 7) is 2.03. The van der Waals surface area contributed by atoms with Crippen molar-refractivity contribution in [1.82, 2.24) is 0 Å². The summed E-state index contributed by atoms with van der Waals surface area (Å²) in [6.07, 6.45) is 9.77. The first-order valence-electron chi connectivity index (χ1n) is 8.91. The lowest BCUT2D eigenvalue weighted by atomic mass is 10.0. The molecule has 5 nitrogen and oxygen atoms in total. The number of unbranched alkanes of at least 4 members (excludes halogenated alkanes) is 6. The molecular weight excluding hydrogens is 296 g/mol. The average Bonchev–Trinajstić information content (AvgIpc) is 2.52. The minimum absolute atomic E-state index is 0.246. The second kappa shape index (κ2) is 14.7. The van der Waals surface area contributed by atoms with Gasteiger partial charge in [-0.1, -0.05) is 64.0 Å². The molecule has 0 saturated carbocycles. The second-order valence-electron chi connectivity index (χ2n) is 6.21. The molecule has 136 valence electrons. The maximum absolute atomic E-state index is 10.3. The Balaban J connectivity index is 3.60. The molecule has 0 spiro atoms. The lowest BCUT2D eigenvalue weighted by Crippen LogP contribution is -2.24. The highest BCUT2D eigenvalue weighted by atomic mass is 16.4. The number of hydrogen-bond donors (Lipinski definition) is 4. The third-order valence-corrected chi connectivity index (χ3v) is 3.92. The van der Waals surface area contributed by atoms with E-state index in [9.17, 15) is 20.1 Å². The van der Waals surface area contributed by atoms with Gasteiger partial charge in [0.2, 0.25) is 0 Å². The lowest BCUT2D eigenvalue weighted by molar-refractivity contribution is -0.137. The highest BCUT2D eigenvalue weighted by Crippen LogP contribution is 2.11. The van der Waals surface area contributed by atoms with E-state index in [1.165, 1.54) is 6.08 Å². The van der Waals surface area contributed by atoms with E-state index in [-0.39, 0.29) is 6.42 Å². The van der Waals surface area contributed by atoms with Crippen LogP contribution in [0.1, 0.15) is 77.6 Å². The van der Waals surface area contributed by atoms with Gasteiger partial charge in [0.05, 0.1) is 18.3 Å². The average molecular weight is 330 g/mol. The van der Waals surface area contributed by atoms with Crippen LogP contribution in [0, 0.1) is 0 Å². The number of rotatable bonds is 15. The fourth-order valence-electron chi connectivity index (χ4n) is 2.39. The fourth-order valence-corrected chi connectivity index (χ4v) is 2.39. The summed E-state index contributed by atoms with van der Waals surface area (Å²) in [5.41, 5.74) is 0. The topological polar surface area (TPSA) is 98.0 Å². The van der Waals surface area contributed by atoms with Crippen LogP contribution in [0.25, 0.3) is 0 Å². The number of aliphatic hydroxyl groups excluding tert-OH is 3. The van der Waals surface area contributed by atoms with E-state index in [0.717, 1.165) is 51.4 Å². The Hall–Kier alpha value is -0.910. The standard InChI is InChI=1S/C18H34O5/c1-2-3-11-16(20)17(21)14-13-15(19)10-8-6-4-5-7-9-12-18(22)23/h13-17,19-21H,2-12H2,1H3,(H,22,23)/b14-13-. The molecule has 0 saturated heterocycles. The van der Waals surface area contributed by atoms with Crippen LogP contribution in [-0.2, 0) is 4.79 Å². The van der Waals surface area contributed by atoms with Gasteiger partial charge in [0.15, 0.2) is 0 Å². The number of hydrogen-bond acceptors (Lipinski definition) is 4. The van der Waals surface area contributed by atoms with Crippen molar-refractivity contribution < 1.29 is 25.2 Å². The summed E-state index contributed by atoms with van der Waals surface area (Å²) in [5, 5.41) is 37.8. The Morgan fingerprint density at radius 1 is 0.870 bits per heavy atom. The van der Waals surface area contributed by atoms with Crippen LogP contribution in [0.2, 0.25) is 0 Å². The fraction of sp³-hybridized carbons (Fsp3) is 0.833. The number of carboxylic acid groups (broad SMARTS) is 1. The van der Waals surface area contributed by atoms with E-state index in [4.69, 9.17) is 5.11 Å². The van der Waals surface area contributed by atoms with Gasteiger partial charge in [-0.25, -0.2) is 0 Å². The van der Waals surface area contributed by atoms with Crippen LogP contribution in [-0.4, -0.2) is 44.7 Å². The van der Waals surface area contributed by atoms with Crippen LogP contribution < -0.4 is 0 Å². The monoisotopic (exact) mass is 330 g/mol. The minimum atomic E-state index is -0.912. The number of carbonyl (C=O) groups is 1. The van der Waals surface area contributed by atoms with Gasteiger partial charge in [0.25, 0.3) is 0 Å². The Morgan fingerprint density at radius 3 is 2.09 bits per heavy atom. The number of aliphatic carboxylic acids is 1. The van der Waals surface area contributed by atoms with Crippen LogP contribution >= 0.6 is 0 Å². The Labute approximate surface area is 140 Å². The molecule has 4 N–H and O–H groups in total. The number of carboxylic acids is 1. The molecule has 0 aromatic carbocycles. The molecule has 0 aromatic rings. The molecular formula is C18H34O5. The van der Waals surface area contributed by atoms with Crippen molar-refractivity contribution in [3.63, 3.8) is 0 Å². The molecule has 3 unspecified atom stereocenters. The third-order valence-electron chi connectivity index (χ3n) is 3.92. The Kier molecular flexibility index (Phi) is 14.1. The van der Waals surface area contributed by atoms with E-state index in [1.807, 2.05) is 6.92 Å². The summed E-state index contributed by atoms with van der Waals surface area (Å²) < 4.78 is 0. The lowest BCUT2D eigenvalue weighted by Gasteiger charge is -2.14.